The minimum Gasteiger partial charge on any atom is -0.171 e. The lowest BCUT2D eigenvalue weighted by Crippen LogP contribution is -2.06. The van der Waals surface area contributed by atoms with E-state index in [1.807, 2.05) is 11.3 Å². The molecule has 0 saturated heterocycles. The van der Waals surface area contributed by atoms with E-state index in [1.165, 1.54) is 59.8 Å². The number of hydrogen-bond donors (Lipinski definition) is 0. The van der Waals surface area contributed by atoms with Crippen molar-refractivity contribution in [3.63, 3.8) is 0 Å². The lowest BCUT2D eigenvalue weighted by atomic mass is 9.86. The van der Waals surface area contributed by atoms with Crippen molar-refractivity contribution < 1.29 is 13.2 Å². The monoisotopic (exact) mass is 672 g/mol. The van der Waals surface area contributed by atoms with Gasteiger partial charge in [-0.2, -0.15) is 13.2 Å². The molecule has 5 heteroatoms. The largest absolute Gasteiger partial charge is 0.389 e. The van der Waals surface area contributed by atoms with Crippen LogP contribution < -0.4 is 0 Å². The highest BCUT2D eigenvalue weighted by molar-refractivity contribution is 9.10. The van der Waals surface area contributed by atoms with E-state index in [-0.39, 0.29) is 6.42 Å². The normalized spacial score (nSPS) is 12.4. The van der Waals surface area contributed by atoms with E-state index in [0.717, 1.165) is 49.4 Å². The van der Waals surface area contributed by atoms with Crippen LogP contribution in [0.4, 0.5) is 13.2 Å². The Kier molecular flexibility index (Phi) is 9.73. The maximum atomic E-state index is 12.4. The van der Waals surface area contributed by atoms with Crippen molar-refractivity contribution in [3.8, 4) is 43.1 Å². The van der Waals surface area contributed by atoms with Crippen molar-refractivity contribution in [3.05, 3.63) is 118 Å². The van der Waals surface area contributed by atoms with E-state index in [4.69, 9.17) is 0 Å². The number of benzene rings is 4. The molecule has 0 amide bonds. The van der Waals surface area contributed by atoms with Crippen molar-refractivity contribution in [2.45, 2.75) is 70.4 Å². The molecule has 0 bridgehead atoms. The molecule has 1 aliphatic carbocycles. The average molecular weight is 674 g/mol. The summed E-state index contributed by atoms with van der Waals surface area (Å²) in [5.41, 5.74) is 11.9. The van der Waals surface area contributed by atoms with Gasteiger partial charge in [0.15, 0.2) is 0 Å². The van der Waals surface area contributed by atoms with Crippen molar-refractivity contribution in [1.29, 1.82) is 0 Å². The van der Waals surface area contributed by atoms with Gasteiger partial charge in [0.1, 0.15) is 0 Å². The molecule has 1 aliphatic rings. The second kappa shape index (κ2) is 13.9. The molecule has 0 spiro atoms. The van der Waals surface area contributed by atoms with Crippen LogP contribution in [0.25, 0.3) is 43.1 Å². The van der Waals surface area contributed by atoms with E-state index in [1.54, 1.807) is 0 Å². The summed E-state index contributed by atoms with van der Waals surface area (Å²) < 4.78 is 38.3. The minimum atomic E-state index is -4.03. The number of rotatable bonds is 12. The number of fused-ring (bicyclic) bond motifs is 3. The number of unbranched alkanes of at least 4 members (excludes halogenated alkanes) is 6. The summed E-state index contributed by atoms with van der Waals surface area (Å²) in [7, 11) is 0. The fraction of sp³-hybridized carbons (Fsp3) is 0.282. The Bertz CT molecular complexity index is 1720. The highest BCUT2D eigenvalue weighted by Gasteiger charge is 2.27. The molecule has 0 N–H and O–H groups in total. The fourth-order valence-corrected chi connectivity index (χ4v) is 7.89. The summed E-state index contributed by atoms with van der Waals surface area (Å²) in [5.74, 6) is 0. The molecule has 0 saturated carbocycles. The summed E-state index contributed by atoms with van der Waals surface area (Å²) >= 11 is 5.63. The number of aryl methyl sites for hydroxylation is 1. The van der Waals surface area contributed by atoms with Crippen LogP contribution in [-0.4, -0.2) is 6.18 Å². The van der Waals surface area contributed by atoms with Gasteiger partial charge in [0.25, 0.3) is 0 Å². The Morgan fingerprint density at radius 2 is 1.30 bits per heavy atom. The molecule has 5 aromatic rings. The van der Waals surface area contributed by atoms with Gasteiger partial charge in [-0.25, -0.2) is 0 Å². The van der Waals surface area contributed by atoms with Gasteiger partial charge in [-0.15, -0.1) is 11.3 Å². The average Bonchev–Trinajstić information content (AvgIpc) is 3.66. The first-order valence-electron chi connectivity index (χ1n) is 15.6. The summed E-state index contributed by atoms with van der Waals surface area (Å²) in [6, 6.07) is 35.2. The van der Waals surface area contributed by atoms with Crippen molar-refractivity contribution in [2.24, 2.45) is 0 Å². The number of halogens is 4. The van der Waals surface area contributed by atoms with Gasteiger partial charge in [-0.1, -0.05) is 121 Å². The lowest BCUT2D eigenvalue weighted by Gasteiger charge is -2.19. The predicted molar refractivity (Wildman–Crippen MR) is 183 cm³/mol. The highest BCUT2D eigenvalue weighted by Crippen LogP contribution is 2.49. The molecule has 44 heavy (non-hydrogen) atoms. The van der Waals surface area contributed by atoms with E-state index in [0.29, 0.717) is 6.42 Å². The molecular weight excluding hydrogens is 637 g/mol. The van der Waals surface area contributed by atoms with E-state index in [9.17, 15) is 13.2 Å². The Hall–Kier alpha value is -3.15. The Balaban J connectivity index is 1.27. The lowest BCUT2D eigenvalue weighted by molar-refractivity contribution is -0.135. The van der Waals surface area contributed by atoms with Gasteiger partial charge in [-0.05, 0) is 100 Å². The zero-order valence-corrected chi connectivity index (χ0v) is 27.1. The topological polar surface area (TPSA) is 0 Å². The number of thiophene rings is 1. The molecule has 4 aromatic carbocycles. The van der Waals surface area contributed by atoms with Gasteiger partial charge in [0.05, 0.1) is 0 Å². The van der Waals surface area contributed by atoms with Crippen LogP contribution in [0.2, 0.25) is 0 Å². The van der Waals surface area contributed by atoms with E-state index in [2.05, 4.69) is 113 Å². The molecule has 226 valence electrons. The van der Waals surface area contributed by atoms with Gasteiger partial charge >= 0.3 is 6.18 Å². The highest BCUT2D eigenvalue weighted by atomic mass is 79.9. The maximum absolute atomic E-state index is 12.4. The third-order valence-corrected chi connectivity index (χ3v) is 10.3. The second-order valence-electron chi connectivity index (χ2n) is 11.8. The first-order chi connectivity index (χ1) is 21.4. The predicted octanol–water partition coefficient (Wildman–Crippen LogP) is 13.3. The zero-order chi connectivity index (χ0) is 30.5. The molecule has 1 aromatic heterocycles. The van der Waals surface area contributed by atoms with Gasteiger partial charge in [0, 0.05) is 20.6 Å². The van der Waals surface area contributed by atoms with Gasteiger partial charge in [0.2, 0.25) is 0 Å². The van der Waals surface area contributed by atoms with Crippen LogP contribution in [0, 0.1) is 0 Å². The van der Waals surface area contributed by atoms with Crippen LogP contribution in [0.3, 0.4) is 0 Å². The summed E-state index contributed by atoms with van der Waals surface area (Å²) in [6.07, 6.45) is 3.23. The Morgan fingerprint density at radius 1 is 0.614 bits per heavy atom. The molecule has 0 nitrogen and oxygen atoms in total. The summed E-state index contributed by atoms with van der Waals surface area (Å²) in [4.78, 5) is 2.54. The minimum absolute atomic E-state index is 0.246. The van der Waals surface area contributed by atoms with E-state index < -0.39 is 12.6 Å². The Labute approximate surface area is 271 Å². The second-order valence-corrected chi connectivity index (χ2v) is 13.8. The molecule has 0 atom stereocenters. The molecule has 0 radical (unpaired) electrons. The van der Waals surface area contributed by atoms with Crippen LogP contribution >= 0.6 is 27.3 Å². The molecule has 0 unspecified atom stereocenters. The van der Waals surface area contributed by atoms with E-state index >= 15 is 0 Å². The molecule has 0 aliphatic heterocycles. The smallest absolute Gasteiger partial charge is 0.171 e. The van der Waals surface area contributed by atoms with Crippen molar-refractivity contribution >= 4 is 27.3 Å². The van der Waals surface area contributed by atoms with Crippen LogP contribution in [0.5, 0.6) is 0 Å². The molecule has 6 rings (SSSR count). The fourth-order valence-electron chi connectivity index (χ4n) is 6.49. The van der Waals surface area contributed by atoms with Crippen molar-refractivity contribution in [1.82, 2.24) is 0 Å². The summed E-state index contributed by atoms with van der Waals surface area (Å²) in [5, 5.41) is 0. The number of alkyl halides is 3. The summed E-state index contributed by atoms with van der Waals surface area (Å²) in [6.45, 7) is 0. The van der Waals surface area contributed by atoms with Crippen LogP contribution in [0.15, 0.2) is 102 Å². The first-order valence-corrected chi connectivity index (χ1v) is 17.2. The van der Waals surface area contributed by atoms with Gasteiger partial charge < -0.3 is 0 Å². The van der Waals surface area contributed by atoms with Crippen LogP contribution in [-0.2, 0) is 12.8 Å². The Morgan fingerprint density at radius 3 is 2.09 bits per heavy atom. The number of hydrogen-bond acceptors (Lipinski definition) is 1. The van der Waals surface area contributed by atoms with Crippen LogP contribution in [0.1, 0.15) is 68.1 Å². The SMILES string of the molecule is FC(F)(F)CCCCCCCCCc1ccc(Br)cc1-c1c(-c2ccc(-c3ccccc3)s2)ccc2c1Cc1ccccc1-2. The quantitative estimate of drug-likeness (QED) is 0.113. The first kappa shape index (κ1) is 30.9. The third kappa shape index (κ3) is 7.21. The maximum Gasteiger partial charge on any atom is 0.389 e. The van der Waals surface area contributed by atoms with Crippen molar-refractivity contribution in [2.75, 3.05) is 0 Å². The molecule has 1 heterocycles. The zero-order valence-electron chi connectivity index (χ0n) is 24.7. The standard InChI is InChI=1S/C39H36BrF3S/c40-30-19-18-27(13-7-4-2-1-3-5-12-24-39(41,42)43)34(26-30)38-33(37-23-22-36(44-37)28-14-8-6-9-15-28)21-20-32-31-17-11-10-16-29(31)25-35(32)38/h6,8-11,14-23,26H,1-5,7,12-13,24-25H2. The molecular formula is C39H36BrF3S. The van der Waals surface area contributed by atoms with Gasteiger partial charge in [-0.3, -0.25) is 0 Å². The molecule has 0 fully saturated rings. The third-order valence-electron chi connectivity index (χ3n) is 8.67.